The lowest BCUT2D eigenvalue weighted by Crippen LogP contribution is -2.27. The molecule has 1 unspecified atom stereocenters. The third-order valence-corrected chi connectivity index (χ3v) is 3.35. The van der Waals surface area contributed by atoms with Crippen LogP contribution in [0.25, 0.3) is 0 Å². The Hall–Kier alpha value is -2.54. The quantitative estimate of drug-likeness (QED) is 0.762. The molecule has 0 aliphatic carbocycles. The van der Waals surface area contributed by atoms with E-state index in [9.17, 15) is 5.11 Å². The molecule has 0 radical (unpaired) electrons. The molecule has 0 aliphatic rings. The third kappa shape index (κ3) is 4.99. The monoisotopic (exact) mass is 332 g/mol. The van der Waals surface area contributed by atoms with Gasteiger partial charge in [0.25, 0.3) is 0 Å². The first-order chi connectivity index (χ1) is 11.5. The molecule has 2 aromatic rings. The van der Waals surface area contributed by atoms with Gasteiger partial charge in [-0.3, -0.25) is 0 Å². The van der Waals surface area contributed by atoms with Gasteiger partial charge in [0.05, 0.1) is 7.11 Å². The summed E-state index contributed by atoms with van der Waals surface area (Å²) in [6.07, 6.45) is 1.06. The van der Waals surface area contributed by atoms with Gasteiger partial charge in [-0.2, -0.15) is 4.98 Å². The summed E-state index contributed by atoms with van der Waals surface area (Å²) in [5.41, 5.74) is 0.993. The van der Waals surface area contributed by atoms with Crippen molar-refractivity contribution in [1.82, 2.24) is 9.97 Å². The van der Waals surface area contributed by atoms with Crippen LogP contribution in [0.5, 0.6) is 11.5 Å². The molecule has 0 fully saturated rings. The predicted molar refractivity (Wildman–Crippen MR) is 94.1 cm³/mol. The van der Waals surface area contributed by atoms with Gasteiger partial charge in [0.1, 0.15) is 30.0 Å². The maximum absolute atomic E-state index is 10.0. The highest BCUT2D eigenvalue weighted by atomic mass is 16.5. The van der Waals surface area contributed by atoms with Crippen molar-refractivity contribution in [3.05, 3.63) is 36.0 Å². The molecule has 24 heavy (non-hydrogen) atoms. The number of methoxy groups -OCH3 is 1. The lowest BCUT2D eigenvalue weighted by atomic mass is 10.3. The Labute approximate surface area is 142 Å². The number of aliphatic hydroxyl groups excluding tert-OH is 1. The highest BCUT2D eigenvalue weighted by Crippen LogP contribution is 2.19. The predicted octanol–water partition coefficient (Wildman–Crippen LogP) is 1.71. The van der Waals surface area contributed by atoms with Gasteiger partial charge in [-0.15, -0.1) is 0 Å². The first-order valence-corrected chi connectivity index (χ1v) is 7.69. The molecule has 0 amide bonds. The van der Waals surface area contributed by atoms with Gasteiger partial charge in [0.2, 0.25) is 5.95 Å². The van der Waals surface area contributed by atoms with Crippen LogP contribution in [0, 0.1) is 6.92 Å². The zero-order valence-corrected chi connectivity index (χ0v) is 14.5. The normalized spacial score (nSPS) is 11.7. The average molecular weight is 332 g/mol. The molecule has 0 saturated heterocycles. The van der Waals surface area contributed by atoms with Crippen LogP contribution in [0.2, 0.25) is 0 Å². The van der Waals surface area contributed by atoms with Crippen LogP contribution in [0.4, 0.5) is 11.8 Å². The lowest BCUT2D eigenvalue weighted by molar-refractivity contribution is 0.117. The first-order valence-electron chi connectivity index (χ1n) is 7.69. The number of aromatic nitrogens is 2. The number of nitrogens with one attached hydrogen (secondary N) is 1. The van der Waals surface area contributed by atoms with Crippen LogP contribution in [0.3, 0.4) is 0 Å². The Bertz CT molecular complexity index is 664. The number of aryl methyl sites for hydroxylation is 1. The van der Waals surface area contributed by atoms with Crippen LogP contribution in [0.1, 0.15) is 5.56 Å². The zero-order chi connectivity index (χ0) is 17.5. The van der Waals surface area contributed by atoms with Gasteiger partial charge in [0.15, 0.2) is 0 Å². The van der Waals surface area contributed by atoms with Gasteiger partial charge in [-0.1, -0.05) is 6.07 Å². The molecule has 2 rings (SSSR count). The third-order valence-electron chi connectivity index (χ3n) is 3.35. The van der Waals surface area contributed by atoms with E-state index in [4.69, 9.17) is 9.47 Å². The van der Waals surface area contributed by atoms with E-state index < -0.39 is 6.10 Å². The second-order valence-electron chi connectivity index (χ2n) is 5.62. The second-order valence-corrected chi connectivity index (χ2v) is 5.62. The van der Waals surface area contributed by atoms with E-state index >= 15 is 0 Å². The van der Waals surface area contributed by atoms with Crippen molar-refractivity contribution >= 4 is 11.8 Å². The van der Waals surface area contributed by atoms with E-state index in [2.05, 4.69) is 15.3 Å². The van der Waals surface area contributed by atoms with E-state index in [-0.39, 0.29) is 6.61 Å². The summed E-state index contributed by atoms with van der Waals surface area (Å²) in [6, 6.07) is 7.26. The molecule has 2 N–H and O–H groups in total. The van der Waals surface area contributed by atoms with E-state index in [1.165, 1.54) is 0 Å². The Morgan fingerprint density at radius 2 is 2.04 bits per heavy atom. The number of hydrogen-bond donors (Lipinski definition) is 2. The topological polar surface area (TPSA) is 79.7 Å². The van der Waals surface area contributed by atoms with Crippen molar-refractivity contribution in [2.45, 2.75) is 13.0 Å². The average Bonchev–Trinajstić information content (AvgIpc) is 2.59. The van der Waals surface area contributed by atoms with E-state index in [1.54, 1.807) is 19.4 Å². The highest BCUT2D eigenvalue weighted by molar-refractivity contribution is 5.47. The molecule has 1 atom stereocenters. The van der Waals surface area contributed by atoms with Crippen molar-refractivity contribution in [2.24, 2.45) is 0 Å². The summed E-state index contributed by atoms with van der Waals surface area (Å²) in [6.45, 7) is 2.41. The Morgan fingerprint density at radius 3 is 2.75 bits per heavy atom. The van der Waals surface area contributed by atoms with Crippen LogP contribution in [-0.4, -0.2) is 55.5 Å². The molecule has 0 bridgehead atoms. The zero-order valence-electron chi connectivity index (χ0n) is 14.5. The fourth-order valence-electron chi connectivity index (χ4n) is 2.12. The van der Waals surface area contributed by atoms with Crippen molar-refractivity contribution in [3.8, 4) is 11.5 Å². The number of ether oxygens (including phenoxy) is 2. The molecule has 1 aromatic heterocycles. The van der Waals surface area contributed by atoms with Gasteiger partial charge in [0, 0.05) is 38.5 Å². The van der Waals surface area contributed by atoms with E-state index in [0.717, 1.165) is 11.4 Å². The fraction of sp³-hybridized carbons (Fsp3) is 0.412. The largest absolute Gasteiger partial charge is 0.497 e. The van der Waals surface area contributed by atoms with Crippen LogP contribution >= 0.6 is 0 Å². The first kappa shape index (κ1) is 17.8. The van der Waals surface area contributed by atoms with E-state index in [1.807, 2.05) is 44.1 Å². The molecule has 0 saturated carbocycles. The summed E-state index contributed by atoms with van der Waals surface area (Å²) in [5.74, 6) is 2.68. The lowest BCUT2D eigenvalue weighted by Gasteiger charge is -2.16. The molecule has 7 heteroatoms. The number of rotatable bonds is 8. The molecule has 0 aliphatic heterocycles. The second kappa shape index (κ2) is 8.35. The van der Waals surface area contributed by atoms with Crippen LogP contribution < -0.4 is 19.7 Å². The molecular formula is C17H24N4O3. The number of nitrogens with zero attached hydrogens (tertiary/aromatic N) is 3. The summed E-state index contributed by atoms with van der Waals surface area (Å²) in [7, 11) is 5.45. The molecule has 1 aromatic carbocycles. The number of benzene rings is 1. The van der Waals surface area contributed by atoms with Crippen LogP contribution in [0.15, 0.2) is 30.5 Å². The highest BCUT2D eigenvalue weighted by Gasteiger charge is 2.09. The Balaban J connectivity index is 1.84. The Kier molecular flexibility index (Phi) is 6.20. The summed E-state index contributed by atoms with van der Waals surface area (Å²) >= 11 is 0. The standard InChI is InChI=1S/C17H24N4O3/c1-12-9-18-17(20-16(12)21(2)3)19-10-13(22)11-24-15-7-5-6-14(8-15)23-4/h5-9,13,22H,10-11H2,1-4H3,(H,18,19,20). The van der Waals surface area contributed by atoms with Gasteiger partial charge in [-0.05, 0) is 19.1 Å². The summed E-state index contributed by atoms with van der Waals surface area (Å²) in [4.78, 5) is 10.6. The SMILES string of the molecule is COc1cccc(OCC(O)CNc2ncc(C)c(N(C)C)n2)c1. The maximum atomic E-state index is 10.0. The maximum Gasteiger partial charge on any atom is 0.224 e. The van der Waals surface area contributed by atoms with Crippen molar-refractivity contribution < 1.29 is 14.6 Å². The number of anilines is 2. The van der Waals surface area contributed by atoms with Gasteiger partial charge < -0.3 is 24.8 Å². The Morgan fingerprint density at radius 1 is 1.29 bits per heavy atom. The molecule has 130 valence electrons. The minimum absolute atomic E-state index is 0.159. The summed E-state index contributed by atoms with van der Waals surface area (Å²) < 4.78 is 10.7. The number of aliphatic hydroxyl groups is 1. The van der Waals surface area contributed by atoms with Gasteiger partial charge >= 0.3 is 0 Å². The van der Waals surface area contributed by atoms with E-state index in [0.29, 0.717) is 24.0 Å². The summed E-state index contributed by atoms with van der Waals surface area (Å²) in [5, 5.41) is 13.1. The smallest absolute Gasteiger partial charge is 0.224 e. The van der Waals surface area contributed by atoms with Gasteiger partial charge in [-0.25, -0.2) is 4.98 Å². The van der Waals surface area contributed by atoms with Crippen molar-refractivity contribution in [3.63, 3.8) is 0 Å². The van der Waals surface area contributed by atoms with Crippen LogP contribution in [-0.2, 0) is 0 Å². The fourth-order valence-corrected chi connectivity index (χ4v) is 2.12. The molecule has 1 heterocycles. The van der Waals surface area contributed by atoms with Crippen molar-refractivity contribution in [2.75, 3.05) is 44.6 Å². The number of hydrogen-bond acceptors (Lipinski definition) is 7. The molecule has 0 spiro atoms. The van der Waals surface area contributed by atoms with Crippen molar-refractivity contribution in [1.29, 1.82) is 0 Å². The molecule has 7 nitrogen and oxygen atoms in total. The minimum atomic E-state index is -0.691. The molecular weight excluding hydrogens is 308 g/mol. The minimum Gasteiger partial charge on any atom is -0.497 e.